The molecule has 1 N–H and O–H groups in total. The van der Waals surface area contributed by atoms with E-state index in [1.165, 1.54) is 5.56 Å². The highest BCUT2D eigenvalue weighted by Crippen LogP contribution is 2.35. The van der Waals surface area contributed by atoms with E-state index < -0.39 is 0 Å². The van der Waals surface area contributed by atoms with Crippen molar-refractivity contribution in [2.45, 2.75) is 19.4 Å². The second kappa shape index (κ2) is 5.80. The number of hydrogen-bond acceptors (Lipinski definition) is 4. The molecule has 1 fully saturated rings. The topological polar surface area (TPSA) is 39.7 Å². The molecule has 0 saturated carbocycles. The monoisotopic (exact) mass is 263 g/mol. The summed E-state index contributed by atoms with van der Waals surface area (Å²) in [5.74, 6) is 2.37. The molecule has 2 aliphatic rings. The van der Waals surface area contributed by atoms with Crippen LogP contribution in [0.5, 0.6) is 11.5 Å². The Balaban J connectivity index is 1.62. The lowest BCUT2D eigenvalue weighted by atomic mass is 10.1. The average Bonchev–Trinajstić information content (AvgIpc) is 3.06. The smallest absolute Gasteiger partial charge is 0.127 e. The molecule has 4 heteroatoms. The first-order valence-corrected chi connectivity index (χ1v) is 7.07. The van der Waals surface area contributed by atoms with Crippen LogP contribution in [0, 0.1) is 5.92 Å². The minimum absolute atomic E-state index is 0.317. The van der Waals surface area contributed by atoms with Gasteiger partial charge in [0.25, 0.3) is 0 Å². The number of hydrogen-bond donors (Lipinski definition) is 1. The standard InChI is InChI=1S/C15H21NO3/c1-2-16-14-10-19-15-7-12(3-4-13(14)15)18-9-11-5-6-17-8-11/h3-4,7,11,14,16H,2,5-6,8-10H2,1H3. The second-order valence-corrected chi connectivity index (χ2v) is 5.16. The van der Waals surface area contributed by atoms with Gasteiger partial charge in [0.1, 0.15) is 18.1 Å². The van der Waals surface area contributed by atoms with Gasteiger partial charge in [-0.3, -0.25) is 0 Å². The number of nitrogens with one attached hydrogen (secondary N) is 1. The lowest BCUT2D eigenvalue weighted by Crippen LogP contribution is -2.21. The minimum Gasteiger partial charge on any atom is -0.493 e. The summed E-state index contributed by atoms with van der Waals surface area (Å²) < 4.78 is 16.9. The fourth-order valence-electron chi connectivity index (χ4n) is 2.62. The number of ether oxygens (including phenoxy) is 3. The summed E-state index contributed by atoms with van der Waals surface area (Å²) in [5.41, 5.74) is 1.23. The van der Waals surface area contributed by atoms with E-state index in [1.807, 2.05) is 12.1 Å². The fourth-order valence-corrected chi connectivity index (χ4v) is 2.62. The van der Waals surface area contributed by atoms with Gasteiger partial charge in [-0.25, -0.2) is 0 Å². The molecule has 2 aliphatic heterocycles. The van der Waals surface area contributed by atoms with Gasteiger partial charge in [-0.05, 0) is 25.1 Å². The zero-order chi connectivity index (χ0) is 13.1. The van der Waals surface area contributed by atoms with Gasteiger partial charge < -0.3 is 19.5 Å². The van der Waals surface area contributed by atoms with Crippen LogP contribution in [-0.2, 0) is 4.74 Å². The molecule has 0 bridgehead atoms. The minimum atomic E-state index is 0.317. The highest BCUT2D eigenvalue weighted by molar-refractivity contribution is 5.45. The third-order valence-corrected chi connectivity index (χ3v) is 3.73. The number of likely N-dealkylation sites (N-methyl/N-ethyl adjacent to an activating group) is 1. The van der Waals surface area contributed by atoms with Crippen LogP contribution >= 0.6 is 0 Å². The molecule has 0 amide bonds. The zero-order valence-corrected chi connectivity index (χ0v) is 11.4. The fraction of sp³-hybridized carbons (Fsp3) is 0.600. The molecule has 1 aromatic rings. The Labute approximate surface area is 114 Å². The molecule has 2 heterocycles. The summed E-state index contributed by atoms with van der Waals surface area (Å²) in [6.07, 6.45) is 1.10. The molecule has 2 unspecified atom stereocenters. The Morgan fingerprint density at radius 3 is 3.11 bits per heavy atom. The Kier molecular flexibility index (Phi) is 3.89. The Hall–Kier alpha value is -1.26. The van der Waals surface area contributed by atoms with Crippen LogP contribution in [0.2, 0.25) is 0 Å². The van der Waals surface area contributed by atoms with Crippen molar-refractivity contribution in [1.29, 1.82) is 0 Å². The molecule has 0 spiro atoms. The maximum absolute atomic E-state index is 5.83. The van der Waals surface area contributed by atoms with Gasteiger partial charge in [0.15, 0.2) is 0 Å². The van der Waals surface area contributed by atoms with Gasteiger partial charge in [-0.1, -0.05) is 6.92 Å². The predicted molar refractivity (Wildman–Crippen MR) is 72.8 cm³/mol. The van der Waals surface area contributed by atoms with Crippen molar-refractivity contribution in [3.8, 4) is 11.5 Å². The van der Waals surface area contributed by atoms with Crippen molar-refractivity contribution < 1.29 is 14.2 Å². The van der Waals surface area contributed by atoms with E-state index in [4.69, 9.17) is 14.2 Å². The first-order valence-electron chi connectivity index (χ1n) is 7.07. The van der Waals surface area contributed by atoms with Crippen molar-refractivity contribution in [1.82, 2.24) is 5.32 Å². The van der Waals surface area contributed by atoms with Crippen molar-refractivity contribution >= 4 is 0 Å². The number of rotatable bonds is 5. The summed E-state index contributed by atoms with van der Waals surface area (Å²) in [6, 6.07) is 6.46. The van der Waals surface area contributed by atoms with Crippen LogP contribution in [0.1, 0.15) is 24.9 Å². The maximum atomic E-state index is 5.83. The molecule has 0 aromatic heterocycles. The van der Waals surface area contributed by atoms with Crippen LogP contribution in [-0.4, -0.2) is 33.0 Å². The van der Waals surface area contributed by atoms with Crippen molar-refractivity contribution in [2.24, 2.45) is 5.92 Å². The predicted octanol–water partition coefficient (Wildman–Crippen LogP) is 2.14. The normalized spacial score (nSPS) is 25.1. The van der Waals surface area contributed by atoms with Gasteiger partial charge in [0.2, 0.25) is 0 Å². The highest BCUT2D eigenvalue weighted by Gasteiger charge is 2.24. The molecular formula is C15H21NO3. The van der Waals surface area contributed by atoms with Crippen molar-refractivity contribution in [3.63, 3.8) is 0 Å². The lowest BCUT2D eigenvalue weighted by Gasteiger charge is -2.12. The first kappa shape index (κ1) is 12.8. The van der Waals surface area contributed by atoms with E-state index in [2.05, 4.69) is 18.3 Å². The SMILES string of the molecule is CCNC1COc2cc(OCC3CCOC3)ccc21. The second-order valence-electron chi connectivity index (χ2n) is 5.16. The number of fused-ring (bicyclic) bond motifs is 1. The summed E-state index contributed by atoms with van der Waals surface area (Å²) >= 11 is 0. The van der Waals surface area contributed by atoms with Gasteiger partial charge in [0, 0.05) is 24.2 Å². The molecule has 1 aromatic carbocycles. The summed E-state index contributed by atoms with van der Waals surface area (Å²) in [6.45, 7) is 6.20. The van der Waals surface area contributed by atoms with Gasteiger partial charge in [-0.2, -0.15) is 0 Å². The van der Waals surface area contributed by atoms with Crippen molar-refractivity contribution in [3.05, 3.63) is 23.8 Å². The molecule has 3 rings (SSSR count). The van der Waals surface area contributed by atoms with E-state index >= 15 is 0 Å². The molecule has 1 saturated heterocycles. The number of benzene rings is 1. The summed E-state index contributed by atoms with van der Waals surface area (Å²) in [4.78, 5) is 0. The first-order chi connectivity index (χ1) is 9.36. The van der Waals surface area contributed by atoms with Crippen molar-refractivity contribution in [2.75, 3.05) is 33.0 Å². The Morgan fingerprint density at radius 2 is 2.32 bits per heavy atom. The summed E-state index contributed by atoms with van der Waals surface area (Å²) in [7, 11) is 0. The lowest BCUT2D eigenvalue weighted by molar-refractivity contribution is 0.167. The molecule has 0 aliphatic carbocycles. The van der Waals surface area contributed by atoms with E-state index in [0.717, 1.165) is 44.3 Å². The third kappa shape index (κ3) is 2.85. The molecule has 0 radical (unpaired) electrons. The Morgan fingerprint density at radius 1 is 1.37 bits per heavy atom. The quantitative estimate of drug-likeness (QED) is 0.883. The van der Waals surface area contributed by atoms with Crippen LogP contribution in [0.4, 0.5) is 0 Å². The highest BCUT2D eigenvalue weighted by atomic mass is 16.5. The molecule has 4 nitrogen and oxygen atoms in total. The van der Waals surface area contributed by atoms with Crippen LogP contribution in [0.25, 0.3) is 0 Å². The van der Waals surface area contributed by atoms with Gasteiger partial charge >= 0.3 is 0 Å². The molecule has 2 atom stereocenters. The molecule has 19 heavy (non-hydrogen) atoms. The third-order valence-electron chi connectivity index (χ3n) is 3.73. The average molecular weight is 263 g/mol. The largest absolute Gasteiger partial charge is 0.493 e. The van der Waals surface area contributed by atoms with Crippen LogP contribution < -0.4 is 14.8 Å². The van der Waals surface area contributed by atoms with E-state index in [9.17, 15) is 0 Å². The maximum Gasteiger partial charge on any atom is 0.127 e. The van der Waals surface area contributed by atoms with E-state index in [1.54, 1.807) is 0 Å². The van der Waals surface area contributed by atoms with Gasteiger partial charge in [-0.15, -0.1) is 0 Å². The van der Waals surface area contributed by atoms with Gasteiger partial charge in [0.05, 0.1) is 19.3 Å². The Bertz CT molecular complexity index is 429. The van der Waals surface area contributed by atoms with E-state index in [0.29, 0.717) is 18.6 Å². The molecular weight excluding hydrogens is 242 g/mol. The van der Waals surface area contributed by atoms with E-state index in [-0.39, 0.29) is 0 Å². The molecule has 104 valence electrons. The zero-order valence-electron chi connectivity index (χ0n) is 11.4. The van der Waals surface area contributed by atoms with Crippen LogP contribution in [0.3, 0.4) is 0 Å². The summed E-state index contributed by atoms with van der Waals surface area (Å²) in [5, 5.41) is 3.41. The van der Waals surface area contributed by atoms with Crippen LogP contribution in [0.15, 0.2) is 18.2 Å².